The van der Waals surface area contributed by atoms with E-state index in [2.05, 4.69) is 19.8 Å². The average Bonchev–Trinajstić information content (AvgIpc) is 3.27. The predicted octanol–water partition coefficient (Wildman–Crippen LogP) is 3.26. The SMILES string of the molecule is Cc1cc(NS(C)(=O)=O)ccc1-c1noc(-c2cn3cc(C#N)cc(Cl)c3n2)n1. The molecule has 1 N–H and O–H groups in total. The van der Waals surface area contributed by atoms with Gasteiger partial charge in [-0.15, -0.1) is 0 Å². The maximum atomic E-state index is 11.4. The van der Waals surface area contributed by atoms with E-state index in [1.165, 1.54) is 6.07 Å². The number of aryl methyl sites for hydroxylation is 1. The van der Waals surface area contributed by atoms with Gasteiger partial charge in [0.25, 0.3) is 5.89 Å². The number of nitrogens with one attached hydrogen (secondary N) is 1. The third-order valence-corrected chi connectivity index (χ3v) is 4.94. The van der Waals surface area contributed by atoms with Gasteiger partial charge in [-0.2, -0.15) is 10.2 Å². The molecule has 3 aromatic heterocycles. The van der Waals surface area contributed by atoms with Crippen molar-refractivity contribution in [3.8, 4) is 29.0 Å². The normalized spacial score (nSPS) is 11.5. The fraction of sp³-hybridized carbons (Fsp3) is 0.111. The summed E-state index contributed by atoms with van der Waals surface area (Å²) < 4.78 is 32.1. The minimum absolute atomic E-state index is 0.191. The number of hydrogen-bond acceptors (Lipinski definition) is 7. The first-order valence-corrected chi connectivity index (χ1v) is 10.5. The summed E-state index contributed by atoms with van der Waals surface area (Å²) in [5.41, 5.74) is 3.17. The van der Waals surface area contributed by atoms with Crippen LogP contribution < -0.4 is 4.72 Å². The summed E-state index contributed by atoms with van der Waals surface area (Å²) in [6.07, 6.45) is 4.33. The van der Waals surface area contributed by atoms with Crippen molar-refractivity contribution < 1.29 is 12.9 Å². The summed E-state index contributed by atoms with van der Waals surface area (Å²) in [4.78, 5) is 8.77. The number of aromatic nitrogens is 4. The summed E-state index contributed by atoms with van der Waals surface area (Å²) in [6.45, 7) is 1.81. The van der Waals surface area contributed by atoms with Crippen LogP contribution in [0, 0.1) is 18.3 Å². The van der Waals surface area contributed by atoms with Gasteiger partial charge >= 0.3 is 0 Å². The third kappa shape index (κ3) is 3.78. The number of rotatable bonds is 4. The Balaban J connectivity index is 1.69. The molecule has 11 heteroatoms. The van der Waals surface area contributed by atoms with Crippen molar-refractivity contribution in [1.29, 1.82) is 5.26 Å². The lowest BCUT2D eigenvalue weighted by Gasteiger charge is -2.06. The Morgan fingerprint density at radius 3 is 2.72 bits per heavy atom. The van der Waals surface area contributed by atoms with E-state index >= 15 is 0 Å². The maximum absolute atomic E-state index is 11.4. The second-order valence-corrected chi connectivity index (χ2v) is 8.53. The fourth-order valence-corrected chi connectivity index (χ4v) is 3.66. The molecule has 4 rings (SSSR count). The van der Waals surface area contributed by atoms with Crippen LogP contribution in [-0.4, -0.2) is 34.2 Å². The quantitative estimate of drug-likeness (QED) is 0.528. The van der Waals surface area contributed by atoms with Gasteiger partial charge < -0.3 is 8.92 Å². The molecule has 0 saturated carbocycles. The molecule has 0 spiro atoms. The molecule has 0 radical (unpaired) electrons. The highest BCUT2D eigenvalue weighted by molar-refractivity contribution is 7.92. The number of fused-ring (bicyclic) bond motifs is 1. The Morgan fingerprint density at radius 1 is 1.24 bits per heavy atom. The molecule has 0 saturated heterocycles. The Labute approximate surface area is 170 Å². The zero-order chi connectivity index (χ0) is 20.8. The molecule has 0 fully saturated rings. The Morgan fingerprint density at radius 2 is 2.03 bits per heavy atom. The minimum Gasteiger partial charge on any atom is -0.332 e. The number of anilines is 1. The zero-order valence-corrected chi connectivity index (χ0v) is 16.8. The third-order valence-electron chi connectivity index (χ3n) is 4.05. The summed E-state index contributed by atoms with van der Waals surface area (Å²) in [5, 5.41) is 13.4. The van der Waals surface area contributed by atoms with Crippen LogP contribution in [0.25, 0.3) is 28.6 Å². The lowest BCUT2D eigenvalue weighted by molar-refractivity contribution is 0.431. The first-order chi connectivity index (χ1) is 13.7. The summed E-state index contributed by atoms with van der Waals surface area (Å²) in [6, 6.07) is 8.57. The standard InChI is InChI=1S/C18H13ClN6O3S/c1-10-5-12(24-29(2,26)27)3-4-13(10)16-22-18(28-23-16)15-9-25-8-11(7-20)6-14(19)17(25)21-15/h3-6,8-9,24H,1-2H3. The van der Waals surface area contributed by atoms with Crippen molar-refractivity contribution in [2.24, 2.45) is 0 Å². The Bertz CT molecular complexity index is 1400. The molecule has 1 aromatic carbocycles. The number of nitriles is 1. The molecule has 0 aliphatic carbocycles. The molecule has 0 aliphatic rings. The fourth-order valence-electron chi connectivity index (χ4n) is 2.85. The van der Waals surface area contributed by atoms with Gasteiger partial charge in [-0.25, -0.2) is 13.4 Å². The van der Waals surface area contributed by atoms with E-state index < -0.39 is 10.0 Å². The smallest absolute Gasteiger partial charge is 0.278 e. The van der Waals surface area contributed by atoms with Crippen LogP contribution in [0.4, 0.5) is 5.69 Å². The molecular formula is C18H13ClN6O3S. The van der Waals surface area contributed by atoms with E-state index in [9.17, 15) is 8.42 Å². The van der Waals surface area contributed by atoms with Crippen molar-refractivity contribution in [2.45, 2.75) is 6.92 Å². The molecule has 29 heavy (non-hydrogen) atoms. The molecule has 0 atom stereocenters. The molecule has 146 valence electrons. The van der Waals surface area contributed by atoms with Crippen molar-refractivity contribution in [3.63, 3.8) is 0 Å². The first-order valence-electron chi connectivity index (χ1n) is 8.25. The molecule has 9 nitrogen and oxygen atoms in total. The molecule has 0 amide bonds. The summed E-state index contributed by atoms with van der Waals surface area (Å²) >= 11 is 6.17. The number of halogens is 1. The van der Waals surface area contributed by atoms with Crippen molar-refractivity contribution in [2.75, 3.05) is 11.0 Å². The van der Waals surface area contributed by atoms with E-state index in [0.717, 1.165) is 11.8 Å². The maximum Gasteiger partial charge on any atom is 0.278 e. The molecule has 0 bridgehead atoms. The van der Waals surface area contributed by atoms with E-state index in [1.807, 2.05) is 13.0 Å². The zero-order valence-electron chi connectivity index (χ0n) is 15.2. The summed E-state index contributed by atoms with van der Waals surface area (Å²) in [7, 11) is -3.37. The number of benzene rings is 1. The highest BCUT2D eigenvalue weighted by Gasteiger charge is 2.17. The van der Waals surface area contributed by atoms with Crippen molar-refractivity contribution >= 4 is 33.0 Å². The molecular weight excluding hydrogens is 416 g/mol. The van der Waals surface area contributed by atoms with Crippen LogP contribution in [0.2, 0.25) is 5.02 Å². The van der Waals surface area contributed by atoms with Gasteiger partial charge in [0.1, 0.15) is 11.8 Å². The van der Waals surface area contributed by atoms with Crippen LogP contribution in [0.5, 0.6) is 0 Å². The van der Waals surface area contributed by atoms with Crippen LogP contribution >= 0.6 is 11.6 Å². The monoisotopic (exact) mass is 428 g/mol. The molecule has 4 aromatic rings. The van der Waals surface area contributed by atoms with Crippen molar-refractivity contribution in [3.05, 3.63) is 52.8 Å². The van der Waals surface area contributed by atoms with E-state index in [1.54, 1.807) is 35.0 Å². The molecule has 0 aliphatic heterocycles. The lowest BCUT2D eigenvalue weighted by Crippen LogP contribution is -2.09. The van der Waals surface area contributed by atoms with Gasteiger partial charge in [-0.1, -0.05) is 16.8 Å². The van der Waals surface area contributed by atoms with Gasteiger partial charge in [0.05, 0.1) is 16.8 Å². The number of sulfonamides is 1. The van der Waals surface area contributed by atoms with Gasteiger partial charge in [0.2, 0.25) is 15.8 Å². The molecule has 0 unspecified atom stereocenters. The van der Waals surface area contributed by atoms with Crippen LogP contribution in [0.1, 0.15) is 11.1 Å². The van der Waals surface area contributed by atoms with E-state index in [-0.39, 0.29) is 5.89 Å². The highest BCUT2D eigenvalue weighted by Crippen LogP contribution is 2.28. The minimum atomic E-state index is -3.37. The van der Waals surface area contributed by atoms with Crippen LogP contribution in [-0.2, 0) is 10.0 Å². The second kappa shape index (κ2) is 6.88. The Kier molecular flexibility index (Phi) is 4.49. The van der Waals surface area contributed by atoms with Gasteiger partial charge in [-0.05, 0) is 36.8 Å². The Hall–Kier alpha value is -3.42. The first kappa shape index (κ1) is 18.9. The van der Waals surface area contributed by atoms with Crippen LogP contribution in [0.3, 0.4) is 0 Å². The number of pyridine rings is 1. The molecule has 3 heterocycles. The van der Waals surface area contributed by atoms with Gasteiger partial charge in [0, 0.05) is 23.6 Å². The number of imidazole rings is 1. The number of nitrogens with zero attached hydrogens (tertiary/aromatic N) is 5. The predicted molar refractivity (Wildman–Crippen MR) is 107 cm³/mol. The largest absolute Gasteiger partial charge is 0.332 e. The van der Waals surface area contributed by atoms with Gasteiger partial charge in [0.15, 0.2) is 5.65 Å². The second-order valence-electron chi connectivity index (χ2n) is 6.37. The topological polar surface area (TPSA) is 126 Å². The van der Waals surface area contributed by atoms with E-state index in [0.29, 0.717) is 39.0 Å². The van der Waals surface area contributed by atoms with E-state index in [4.69, 9.17) is 21.4 Å². The van der Waals surface area contributed by atoms with Crippen molar-refractivity contribution in [1.82, 2.24) is 19.5 Å². The lowest BCUT2D eigenvalue weighted by atomic mass is 10.1. The summed E-state index contributed by atoms with van der Waals surface area (Å²) in [5.74, 6) is 0.528. The average molecular weight is 429 g/mol. The highest BCUT2D eigenvalue weighted by atomic mass is 35.5. The number of hydrogen-bond donors (Lipinski definition) is 1. The van der Waals surface area contributed by atoms with Gasteiger partial charge in [-0.3, -0.25) is 4.72 Å². The van der Waals surface area contributed by atoms with Crippen LogP contribution in [0.15, 0.2) is 41.2 Å².